The predicted octanol–water partition coefficient (Wildman–Crippen LogP) is 3.07. The van der Waals surface area contributed by atoms with Crippen LogP contribution >= 0.6 is 11.3 Å². The minimum Gasteiger partial charge on any atom is -0.467 e. The fourth-order valence-corrected chi connectivity index (χ4v) is 3.29. The third-order valence-electron chi connectivity index (χ3n) is 3.51. The number of furan rings is 1. The minimum atomic E-state index is -0.380. The lowest BCUT2D eigenvalue weighted by molar-refractivity contribution is -0.148. The number of aryl methyl sites for hydroxylation is 1. The summed E-state index contributed by atoms with van der Waals surface area (Å²) in [4.78, 5) is 27.8. The highest BCUT2D eigenvalue weighted by Gasteiger charge is 2.09. The van der Waals surface area contributed by atoms with E-state index in [0.717, 1.165) is 21.6 Å². The summed E-state index contributed by atoms with van der Waals surface area (Å²) >= 11 is 1.64. The number of carbonyl (C=O) groups excluding carboxylic acids is 2. The van der Waals surface area contributed by atoms with Gasteiger partial charge in [0.25, 0.3) is 5.91 Å². The van der Waals surface area contributed by atoms with Gasteiger partial charge in [-0.15, -0.1) is 11.3 Å². The Hall–Kier alpha value is -2.67. The SMILES string of the molecule is O=C(COC(=O)CCCc1nc2ccccc2s1)NCc1ccco1. The molecule has 0 aliphatic heterocycles. The Balaban J connectivity index is 1.33. The lowest BCUT2D eigenvalue weighted by Gasteiger charge is -2.05. The molecule has 2 aromatic heterocycles. The lowest BCUT2D eigenvalue weighted by atomic mass is 10.2. The van der Waals surface area contributed by atoms with Gasteiger partial charge >= 0.3 is 5.97 Å². The maximum atomic E-state index is 11.7. The van der Waals surface area contributed by atoms with E-state index in [1.807, 2.05) is 24.3 Å². The first kappa shape index (κ1) is 17.2. The largest absolute Gasteiger partial charge is 0.467 e. The first-order valence-electron chi connectivity index (χ1n) is 8.00. The van der Waals surface area contributed by atoms with Crippen molar-refractivity contribution in [3.8, 4) is 0 Å². The quantitative estimate of drug-likeness (QED) is 0.626. The predicted molar refractivity (Wildman–Crippen MR) is 94.1 cm³/mol. The molecule has 0 saturated heterocycles. The average molecular weight is 358 g/mol. The van der Waals surface area contributed by atoms with Crippen molar-refractivity contribution in [1.29, 1.82) is 0 Å². The van der Waals surface area contributed by atoms with E-state index in [4.69, 9.17) is 9.15 Å². The van der Waals surface area contributed by atoms with Crippen molar-refractivity contribution in [1.82, 2.24) is 10.3 Å². The Labute approximate surface area is 148 Å². The third-order valence-corrected chi connectivity index (χ3v) is 4.61. The highest BCUT2D eigenvalue weighted by Crippen LogP contribution is 2.22. The molecule has 0 spiro atoms. The van der Waals surface area contributed by atoms with Gasteiger partial charge in [0.15, 0.2) is 6.61 Å². The van der Waals surface area contributed by atoms with Crippen molar-refractivity contribution in [2.75, 3.05) is 6.61 Å². The zero-order valence-electron chi connectivity index (χ0n) is 13.6. The summed E-state index contributed by atoms with van der Waals surface area (Å²) in [6.45, 7) is 0.00166. The number of hydrogen-bond donors (Lipinski definition) is 1. The fourth-order valence-electron chi connectivity index (χ4n) is 2.28. The topological polar surface area (TPSA) is 81.4 Å². The maximum Gasteiger partial charge on any atom is 0.306 e. The molecule has 130 valence electrons. The van der Waals surface area contributed by atoms with Crippen molar-refractivity contribution < 1.29 is 18.7 Å². The molecule has 1 aromatic carbocycles. The van der Waals surface area contributed by atoms with Gasteiger partial charge in [-0.1, -0.05) is 12.1 Å². The smallest absolute Gasteiger partial charge is 0.306 e. The molecule has 0 fully saturated rings. The summed E-state index contributed by atoms with van der Waals surface area (Å²) in [7, 11) is 0. The van der Waals surface area contributed by atoms with Gasteiger partial charge in [0.1, 0.15) is 5.76 Å². The lowest BCUT2D eigenvalue weighted by Crippen LogP contribution is -2.28. The summed E-state index contributed by atoms with van der Waals surface area (Å²) in [5.41, 5.74) is 0.985. The Kier molecular flexibility index (Phi) is 5.79. The summed E-state index contributed by atoms with van der Waals surface area (Å²) < 4.78 is 11.2. The highest BCUT2D eigenvalue weighted by molar-refractivity contribution is 7.18. The third kappa shape index (κ3) is 5.15. The molecule has 0 bridgehead atoms. The molecule has 0 atom stereocenters. The number of benzene rings is 1. The van der Waals surface area contributed by atoms with E-state index in [1.165, 1.54) is 6.26 Å². The van der Waals surface area contributed by atoms with Crippen LogP contribution in [0.3, 0.4) is 0 Å². The standard InChI is InChI=1S/C18H18N2O4S/c21-16(19-11-13-5-4-10-23-13)12-24-18(22)9-3-8-17-20-14-6-1-2-7-15(14)25-17/h1-2,4-7,10H,3,8-9,11-12H2,(H,19,21). The first-order chi connectivity index (χ1) is 12.2. The number of ether oxygens (including phenoxy) is 1. The van der Waals surface area contributed by atoms with E-state index in [2.05, 4.69) is 10.3 Å². The number of rotatable bonds is 8. The summed E-state index contributed by atoms with van der Waals surface area (Å²) in [6.07, 6.45) is 3.17. The molecule has 7 heteroatoms. The Morgan fingerprint density at radius 1 is 1.20 bits per heavy atom. The second kappa shape index (κ2) is 8.43. The van der Waals surface area contributed by atoms with E-state index in [-0.39, 0.29) is 31.4 Å². The van der Waals surface area contributed by atoms with Crippen LogP contribution in [0.4, 0.5) is 0 Å². The molecule has 3 rings (SSSR count). The second-order valence-electron chi connectivity index (χ2n) is 5.45. The van der Waals surface area contributed by atoms with Gasteiger partial charge in [0.2, 0.25) is 0 Å². The molecule has 6 nitrogen and oxygen atoms in total. The number of amides is 1. The number of fused-ring (bicyclic) bond motifs is 1. The van der Waals surface area contributed by atoms with E-state index < -0.39 is 0 Å². The Morgan fingerprint density at radius 2 is 2.08 bits per heavy atom. The summed E-state index contributed by atoms with van der Waals surface area (Å²) in [5, 5.41) is 3.62. The van der Waals surface area contributed by atoms with E-state index in [9.17, 15) is 9.59 Å². The average Bonchev–Trinajstić information content (AvgIpc) is 3.27. The molecular weight excluding hydrogens is 340 g/mol. The zero-order valence-corrected chi connectivity index (χ0v) is 14.4. The van der Waals surface area contributed by atoms with E-state index >= 15 is 0 Å². The van der Waals surface area contributed by atoms with Gasteiger partial charge in [-0.25, -0.2) is 4.98 Å². The monoisotopic (exact) mass is 358 g/mol. The van der Waals surface area contributed by atoms with Crippen molar-refractivity contribution >= 4 is 33.4 Å². The van der Waals surface area contributed by atoms with Gasteiger partial charge in [-0.2, -0.15) is 0 Å². The van der Waals surface area contributed by atoms with E-state index in [1.54, 1.807) is 23.5 Å². The van der Waals surface area contributed by atoms with E-state index in [0.29, 0.717) is 12.2 Å². The molecule has 1 amide bonds. The molecule has 0 saturated carbocycles. The van der Waals surface area contributed by atoms with Crippen LogP contribution in [-0.4, -0.2) is 23.5 Å². The van der Waals surface area contributed by atoms with Crippen LogP contribution in [0.1, 0.15) is 23.6 Å². The number of carbonyl (C=O) groups is 2. The van der Waals surface area contributed by atoms with Crippen LogP contribution in [0.5, 0.6) is 0 Å². The zero-order chi connectivity index (χ0) is 17.5. The molecular formula is C18H18N2O4S. The molecule has 0 unspecified atom stereocenters. The van der Waals surface area contributed by atoms with Crippen LogP contribution in [-0.2, 0) is 27.3 Å². The van der Waals surface area contributed by atoms with Crippen molar-refractivity contribution in [3.63, 3.8) is 0 Å². The van der Waals surface area contributed by atoms with Crippen molar-refractivity contribution in [2.24, 2.45) is 0 Å². The number of para-hydroxylation sites is 1. The van der Waals surface area contributed by atoms with Crippen LogP contribution in [0.15, 0.2) is 47.1 Å². The number of nitrogens with one attached hydrogen (secondary N) is 1. The molecule has 0 aliphatic carbocycles. The Morgan fingerprint density at radius 3 is 2.88 bits per heavy atom. The number of aromatic nitrogens is 1. The van der Waals surface area contributed by atoms with Gasteiger partial charge in [-0.3, -0.25) is 9.59 Å². The molecule has 3 aromatic rings. The number of esters is 1. The minimum absolute atomic E-state index is 0.265. The van der Waals surface area contributed by atoms with Crippen LogP contribution < -0.4 is 5.32 Å². The molecule has 2 heterocycles. The van der Waals surface area contributed by atoms with Crippen LogP contribution in [0.2, 0.25) is 0 Å². The van der Waals surface area contributed by atoms with Crippen LogP contribution in [0, 0.1) is 0 Å². The second-order valence-corrected chi connectivity index (χ2v) is 6.56. The normalized spacial score (nSPS) is 10.7. The molecule has 0 aliphatic rings. The molecule has 1 N–H and O–H groups in total. The number of thiazole rings is 1. The van der Waals surface area contributed by atoms with Gasteiger partial charge < -0.3 is 14.5 Å². The molecule has 25 heavy (non-hydrogen) atoms. The highest BCUT2D eigenvalue weighted by atomic mass is 32.1. The van der Waals surface area contributed by atoms with Gasteiger partial charge in [0.05, 0.1) is 28.0 Å². The molecule has 0 radical (unpaired) electrons. The van der Waals surface area contributed by atoms with Crippen molar-refractivity contribution in [3.05, 3.63) is 53.4 Å². The summed E-state index contributed by atoms with van der Waals surface area (Å²) in [5.74, 6) is -0.0827. The first-order valence-corrected chi connectivity index (χ1v) is 8.81. The Bertz CT molecular complexity index is 809. The number of hydrogen-bond acceptors (Lipinski definition) is 6. The van der Waals surface area contributed by atoms with Gasteiger partial charge in [0, 0.05) is 6.42 Å². The number of nitrogens with zero attached hydrogens (tertiary/aromatic N) is 1. The van der Waals surface area contributed by atoms with Crippen LogP contribution in [0.25, 0.3) is 10.2 Å². The maximum absolute atomic E-state index is 11.7. The summed E-state index contributed by atoms with van der Waals surface area (Å²) in [6, 6.07) is 11.5. The fraction of sp³-hybridized carbons (Fsp3) is 0.278. The van der Waals surface area contributed by atoms with Gasteiger partial charge in [-0.05, 0) is 37.1 Å². The van der Waals surface area contributed by atoms with Crippen molar-refractivity contribution in [2.45, 2.75) is 25.8 Å².